The third-order valence-corrected chi connectivity index (χ3v) is 3.11. The van der Waals surface area contributed by atoms with E-state index in [2.05, 4.69) is 4.90 Å². The van der Waals surface area contributed by atoms with Crippen molar-refractivity contribution >= 4 is 0 Å². The van der Waals surface area contributed by atoms with E-state index >= 15 is 0 Å². The first-order valence-corrected chi connectivity index (χ1v) is 4.33. The molecule has 0 aromatic heterocycles. The van der Waals surface area contributed by atoms with Gasteiger partial charge in [-0.1, -0.05) is 6.42 Å². The molecule has 10 heavy (non-hydrogen) atoms. The van der Waals surface area contributed by atoms with Gasteiger partial charge in [0.1, 0.15) is 0 Å². The number of hydrogen-bond acceptors (Lipinski definition) is 2. The largest absolute Gasteiger partial charge is 0.367 e. The van der Waals surface area contributed by atoms with Crippen LogP contribution in [0.1, 0.15) is 19.3 Å². The lowest BCUT2D eigenvalue weighted by Gasteiger charge is -2.35. The lowest BCUT2D eigenvalue weighted by molar-refractivity contribution is 0.106. The molecule has 1 aliphatic carbocycles. The molecule has 2 heterocycles. The summed E-state index contributed by atoms with van der Waals surface area (Å²) >= 11 is 0. The molecule has 0 aromatic carbocycles. The monoisotopic (exact) mass is 139 g/mol. The molecule has 0 bridgehead atoms. The molecule has 2 nitrogen and oxygen atoms in total. The smallest absolute Gasteiger partial charge is 0.0981 e. The zero-order chi connectivity index (χ0) is 6.55. The van der Waals surface area contributed by atoms with Crippen molar-refractivity contribution in [3.63, 3.8) is 0 Å². The maximum atomic E-state index is 5.36. The van der Waals surface area contributed by atoms with Gasteiger partial charge in [0.15, 0.2) is 0 Å². The predicted octanol–water partition coefficient (Wildman–Crippen LogP) is 0.622. The maximum Gasteiger partial charge on any atom is 0.0981 e. The molecular formula is C8H13NO. The summed E-state index contributed by atoms with van der Waals surface area (Å²) in [5, 5.41) is 0. The van der Waals surface area contributed by atoms with Gasteiger partial charge in [0, 0.05) is 19.1 Å². The average molecular weight is 139 g/mol. The van der Waals surface area contributed by atoms with Crippen molar-refractivity contribution in [1.82, 2.24) is 4.90 Å². The fraction of sp³-hybridized carbons (Fsp3) is 1.00. The summed E-state index contributed by atoms with van der Waals surface area (Å²) in [6.07, 6.45) is 5.62. The SMILES string of the molecule is C1CC(N2CC3OC3C2)C1. The first-order chi connectivity index (χ1) is 4.93. The van der Waals surface area contributed by atoms with Gasteiger partial charge in [-0.25, -0.2) is 0 Å². The van der Waals surface area contributed by atoms with E-state index in [0.717, 1.165) is 6.04 Å². The normalized spacial score (nSPS) is 46.8. The number of epoxide rings is 1. The van der Waals surface area contributed by atoms with E-state index in [4.69, 9.17) is 4.74 Å². The summed E-state index contributed by atoms with van der Waals surface area (Å²) in [7, 11) is 0. The minimum atomic E-state index is 0.639. The van der Waals surface area contributed by atoms with Gasteiger partial charge >= 0.3 is 0 Å². The van der Waals surface area contributed by atoms with Crippen molar-refractivity contribution in [2.24, 2.45) is 0 Å². The van der Waals surface area contributed by atoms with Crippen molar-refractivity contribution in [1.29, 1.82) is 0 Å². The molecule has 2 heteroatoms. The Morgan fingerprint density at radius 2 is 1.80 bits per heavy atom. The lowest BCUT2D eigenvalue weighted by Crippen LogP contribution is -2.40. The number of nitrogens with zero attached hydrogens (tertiary/aromatic N) is 1. The molecule has 2 aliphatic heterocycles. The van der Waals surface area contributed by atoms with Gasteiger partial charge in [-0.3, -0.25) is 4.90 Å². The summed E-state index contributed by atoms with van der Waals surface area (Å²) in [5.41, 5.74) is 0. The van der Waals surface area contributed by atoms with Crippen LogP contribution < -0.4 is 0 Å². The molecule has 0 N–H and O–H groups in total. The van der Waals surface area contributed by atoms with Gasteiger partial charge in [0.25, 0.3) is 0 Å². The van der Waals surface area contributed by atoms with Crippen LogP contribution in [0.25, 0.3) is 0 Å². The highest BCUT2D eigenvalue weighted by Gasteiger charge is 2.49. The van der Waals surface area contributed by atoms with Gasteiger partial charge in [-0.2, -0.15) is 0 Å². The van der Waals surface area contributed by atoms with Gasteiger partial charge in [-0.15, -0.1) is 0 Å². The maximum absolute atomic E-state index is 5.36. The van der Waals surface area contributed by atoms with Gasteiger partial charge in [0.05, 0.1) is 12.2 Å². The molecule has 1 saturated carbocycles. The Kier molecular flexibility index (Phi) is 0.968. The van der Waals surface area contributed by atoms with E-state index in [9.17, 15) is 0 Å². The minimum Gasteiger partial charge on any atom is -0.367 e. The fourth-order valence-corrected chi connectivity index (χ4v) is 2.09. The second-order valence-corrected chi connectivity index (χ2v) is 3.75. The zero-order valence-electron chi connectivity index (χ0n) is 6.12. The summed E-state index contributed by atoms with van der Waals surface area (Å²) in [6, 6.07) is 0.941. The lowest BCUT2D eigenvalue weighted by atomic mass is 9.92. The van der Waals surface area contributed by atoms with Crippen LogP contribution >= 0.6 is 0 Å². The Balaban J connectivity index is 1.63. The van der Waals surface area contributed by atoms with Crippen LogP contribution in [0, 0.1) is 0 Å². The summed E-state index contributed by atoms with van der Waals surface area (Å²) in [5.74, 6) is 0. The quantitative estimate of drug-likeness (QED) is 0.495. The van der Waals surface area contributed by atoms with Crippen molar-refractivity contribution < 1.29 is 4.74 Å². The standard InChI is InChI=1S/C8H13NO/c1-2-6(3-1)9-4-7-8(5-9)10-7/h6-8H,1-5H2. The summed E-state index contributed by atoms with van der Waals surface area (Å²) in [6.45, 7) is 2.46. The topological polar surface area (TPSA) is 15.8 Å². The number of likely N-dealkylation sites (tertiary alicyclic amines) is 1. The highest BCUT2D eigenvalue weighted by molar-refractivity contribution is 5.00. The van der Waals surface area contributed by atoms with Crippen LogP contribution in [-0.4, -0.2) is 36.2 Å². The van der Waals surface area contributed by atoms with Crippen LogP contribution in [0.5, 0.6) is 0 Å². The van der Waals surface area contributed by atoms with Gasteiger partial charge in [-0.05, 0) is 12.8 Å². The Bertz CT molecular complexity index is 145. The van der Waals surface area contributed by atoms with E-state index in [1.165, 1.54) is 32.4 Å². The molecule has 2 saturated heterocycles. The van der Waals surface area contributed by atoms with Gasteiger partial charge in [0.2, 0.25) is 0 Å². The Hall–Kier alpha value is -0.0800. The minimum absolute atomic E-state index is 0.639. The summed E-state index contributed by atoms with van der Waals surface area (Å²) in [4.78, 5) is 2.61. The average Bonchev–Trinajstić information content (AvgIpc) is 2.36. The van der Waals surface area contributed by atoms with Crippen LogP contribution in [0.3, 0.4) is 0 Å². The molecule has 2 atom stereocenters. The van der Waals surface area contributed by atoms with E-state index in [1.807, 2.05) is 0 Å². The molecule has 56 valence electrons. The van der Waals surface area contributed by atoms with E-state index in [0.29, 0.717) is 12.2 Å². The predicted molar refractivity (Wildman–Crippen MR) is 37.9 cm³/mol. The van der Waals surface area contributed by atoms with Crippen molar-refractivity contribution in [2.45, 2.75) is 37.5 Å². The highest BCUT2D eigenvalue weighted by atomic mass is 16.6. The van der Waals surface area contributed by atoms with Gasteiger partial charge < -0.3 is 4.74 Å². The second kappa shape index (κ2) is 1.74. The molecule has 3 rings (SSSR count). The molecular weight excluding hydrogens is 126 g/mol. The third-order valence-electron chi connectivity index (χ3n) is 3.11. The van der Waals surface area contributed by atoms with E-state index in [-0.39, 0.29) is 0 Å². The molecule has 3 fully saturated rings. The molecule has 0 radical (unpaired) electrons. The number of rotatable bonds is 1. The molecule has 0 spiro atoms. The van der Waals surface area contributed by atoms with Crippen LogP contribution in [0.2, 0.25) is 0 Å². The molecule has 2 unspecified atom stereocenters. The molecule has 0 aromatic rings. The van der Waals surface area contributed by atoms with Crippen molar-refractivity contribution in [2.75, 3.05) is 13.1 Å². The highest BCUT2D eigenvalue weighted by Crippen LogP contribution is 2.36. The second-order valence-electron chi connectivity index (χ2n) is 3.75. The summed E-state index contributed by atoms with van der Waals surface area (Å²) < 4.78 is 5.36. The van der Waals surface area contributed by atoms with Crippen molar-refractivity contribution in [3.05, 3.63) is 0 Å². The Labute approximate surface area is 61.1 Å². The van der Waals surface area contributed by atoms with E-state index < -0.39 is 0 Å². The number of morpholine rings is 1. The number of fused-ring (bicyclic) bond motifs is 1. The zero-order valence-corrected chi connectivity index (χ0v) is 6.12. The fourth-order valence-electron chi connectivity index (χ4n) is 2.09. The van der Waals surface area contributed by atoms with Crippen LogP contribution in [0.15, 0.2) is 0 Å². The van der Waals surface area contributed by atoms with Crippen LogP contribution in [-0.2, 0) is 4.74 Å². The van der Waals surface area contributed by atoms with Crippen LogP contribution in [0.4, 0.5) is 0 Å². The molecule has 3 aliphatic rings. The number of ether oxygens (including phenoxy) is 1. The Morgan fingerprint density at radius 3 is 2.30 bits per heavy atom. The number of hydrogen-bond donors (Lipinski definition) is 0. The molecule has 0 amide bonds. The Morgan fingerprint density at radius 1 is 1.10 bits per heavy atom. The first-order valence-electron chi connectivity index (χ1n) is 4.33. The van der Waals surface area contributed by atoms with E-state index in [1.54, 1.807) is 0 Å². The third kappa shape index (κ3) is 0.663. The first kappa shape index (κ1) is 5.56. The van der Waals surface area contributed by atoms with Crippen molar-refractivity contribution in [3.8, 4) is 0 Å².